The Labute approximate surface area is 181 Å². The molecule has 160 valence electrons. The van der Waals surface area contributed by atoms with Gasteiger partial charge >= 0.3 is 10.8 Å². The fraction of sp³-hybridized carbons (Fsp3) is 0.714. The number of hydrogen-bond donors (Lipinski definition) is 2. The maximum absolute atomic E-state index is 13.2. The Bertz CT molecular complexity index is 1010. The number of aromatic amines is 1. The first-order valence-corrected chi connectivity index (χ1v) is 12.6. The van der Waals surface area contributed by atoms with Crippen molar-refractivity contribution in [2.45, 2.75) is 60.6 Å². The van der Waals surface area contributed by atoms with E-state index < -0.39 is 5.97 Å². The molecule has 2 N–H and O–H groups in total. The van der Waals surface area contributed by atoms with E-state index in [2.05, 4.69) is 4.98 Å². The predicted octanol–water partition coefficient (Wildman–Crippen LogP) is 2.45. The van der Waals surface area contributed by atoms with Gasteiger partial charge in [0.15, 0.2) is 0 Å². The molecule has 7 nitrogen and oxygen atoms in total. The standard InChI is InChI=1S/C21H24N2O5S2/c24-11(25)4-7-23-18(26)12-9-8-10(13(12)19(23)27)15-14(9)21(5-2-1-3-6-21)16-17(29-15)22-20(28)30-16/h9-10,12-15H,1-8H2,(H,22,28)(H,24,25)/t9-,10+,12-,13+,14+,15+/m0/s1. The number of carbonyl (C=O) groups excluding carboxylic acids is 2. The molecule has 1 aromatic rings. The van der Waals surface area contributed by atoms with Crippen molar-refractivity contribution < 1.29 is 19.5 Å². The number of imide groups is 1. The number of rotatable bonds is 3. The van der Waals surface area contributed by atoms with Crippen LogP contribution < -0.4 is 4.87 Å². The summed E-state index contributed by atoms with van der Waals surface area (Å²) in [6.07, 6.45) is 6.31. The number of carbonyl (C=O) groups is 3. The second-order valence-corrected chi connectivity index (χ2v) is 11.8. The van der Waals surface area contributed by atoms with Crippen LogP contribution in [0.15, 0.2) is 9.82 Å². The van der Waals surface area contributed by atoms with E-state index in [0.29, 0.717) is 5.92 Å². The van der Waals surface area contributed by atoms with Crippen LogP contribution in [0.5, 0.6) is 0 Å². The number of fused-ring (bicyclic) bond motifs is 11. The van der Waals surface area contributed by atoms with Gasteiger partial charge in [0, 0.05) is 22.1 Å². The van der Waals surface area contributed by atoms with Gasteiger partial charge in [-0.05, 0) is 37.0 Å². The minimum absolute atomic E-state index is 0.00281. The Balaban J connectivity index is 1.41. The van der Waals surface area contributed by atoms with Crippen molar-refractivity contribution in [3.05, 3.63) is 14.5 Å². The van der Waals surface area contributed by atoms with Gasteiger partial charge in [-0.15, -0.1) is 11.8 Å². The van der Waals surface area contributed by atoms with Crippen LogP contribution in [0.1, 0.15) is 49.8 Å². The van der Waals surface area contributed by atoms with Gasteiger partial charge < -0.3 is 10.1 Å². The van der Waals surface area contributed by atoms with Crippen LogP contribution in [0.2, 0.25) is 0 Å². The molecule has 2 amide bonds. The number of carboxylic acids is 1. The van der Waals surface area contributed by atoms with Crippen molar-refractivity contribution in [2.75, 3.05) is 6.54 Å². The number of nitrogens with one attached hydrogen (secondary N) is 1. The third-order valence-corrected chi connectivity index (χ3v) is 11.1. The molecule has 6 rings (SSSR count). The van der Waals surface area contributed by atoms with E-state index in [1.807, 2.05) is 0 Å². The summed E-state index contributed by atoms with van der Waals surface area (Å²) in [6, 6.07) is 0. The number of hydrogen-bond acceptors (Lipinski definition) is 6. The number of nitrogens with zero attached hydrogens (tertiary/aromatic N) is 1. The van der Waals surface area contributed by atoms with Gasteiger partial charge in [-0.25, -0.2) is 0 Å². The zero-order valence-corrected chi connectivity index (χ0v) is 18.1. The Morgan fingerprint density at radius 1 is 1.10 bits per heavy atom. The maximum atomic E-state index is 13.2. The van der Waals surface area contributed by atoms with Gasteiger partial charge in [-0.1, -0.05) is 30.6 Å². The number of carboxylic acid groups (broad SMARTS) is 1. The highest BCUT2D eigenvalue weighted by molar-refractivity contribution is 8.00. The molecule has 1 aromatic heterocycles. The summed E-state index contributed by atoms with van der Waals surface area (Å²) in [5, 5.41) is 10.3. The highest BCUT2D eigenvalue weighted by atomic mass is 32.2. The Kier molecular flexibility index (Phi) is 4.11. The van der Waals surface area contributed by atoms with Crippen LogP contribution in [0.25, 0.3) is 0 Å². The van der Waals surface area contributed by atoms with Gasteiger partial charge in [0.1, 0.15) is 0 Å². The average molecular weight is 449 g/mol. The molecule has 0 radical (unpaired) electrons. The van der Waals surface area contributed by atoms with Crippen molar-refractivity contribution in [1.82, 2.24) is 9.88 Å². The largest absolute Gasteiger partial charge is 0.481 e. The Morgan fingerprint density at radius 2 is 1.80 bits per heavy atom. The number of H-pyrrole nitrogens is 1. The molecule has 2 bridgehead atoms. The topological polar surface area (TPSA) is 108 Å². The van der Waals surface area contributed by atoms with Crippen LogP contribution in [0.4, 0.5) is 0 Å². The highest BCUT2D eigenvalue weighted by Gasteiger charge is 2.71. The first kappa shape index (κ1) is 19.1. The SMILES string of the molecule is O=C(O)CCN1C(=O)[C@@H]2[C@H]3C[C@@H]([C@@H]2C1=O)[C@@H]1[C@@H]3Sc2[nH]c(=O)sc2C12CCCCC2. The molecule has 9 heteroatoms. The molecule has 30 heavy (non-hydrogen) atoms. The van der Waals surface area contributed by atoms with Crippen molar-refractivity contribution in [1.29, 1.82) is 0 Å². The molecular weight excluding hydrogens is 424 g/mol. The van der Waals surface area contributed by atoms with Gasteiger partial charge in [-0.3, -0.25) is 24.1 Å². The van der Waals surface area contributed by atoms with Crippen LogP contribution in [0, 0.1) is 29.6 Å². The molecule has 3 aliphatic carbocycles. The predicted molar refractivity (Wildman–Crippen MR) is 110 cm³/mol. The average Bonchev–Trinajstić information content (AvgIpc) is 3.43. The van der Waals surface area contributed by atoms with E-state index in [9.17, 15) is 19.2 Å². The van der Waals surface area contributed by atoms with E-state index in [0.717, 1.165) is 37.1 Å². The molecule has 3 saturated carbocycles. The minimum Gasteiger partial charge on any atom is -0.481 e. The quantitative estimate of drug-likeness (QED) is 0.688. The number of thiazole rings is 1. The molecule has 0 unspecified atom stereocenters. The van der Waals surface area contributed by atoms with E-state index >= 15 is 0 Å². The summed E-state index contributed by atoms with van der Waals surface area (Å²) < 4.78 is 0. The summed E-state index contributed by atoms with van der Waals surface area (Å²) in [6.45, 7) is -0.0201. The molecule has 5 aliphatic rings. The summed E-state index contributed by atoms with van der Waals surface area (Å²) in [5.74, 6) is -1.30. The van der Waals surface area contributed by atoms with Crippen LogP contribution in [-0.4, -0.2) is 44.6 Å². The molecule has 3 heterocycles. The second kappa shape index (κ2) is 6.45. The highest BCUT2D eigenvalue weighted by Crippen LogP contribution is 2.71. The monoisotopic (exact) mass is 448 g/mol. The number of aliphatic carboxylic acids is 1. The summed E-state index contributed by atoms with van der Waals surface area (Å²) in [7, 11) is 0. The van der Waals surface area contributed by atoms with Crippen molar-refractivity contribution >= 4 is 40.9 Å². The van der Waals surface area contributed by atoms with Gasteiger partial charge in [0.25, 0.3) is 0 Å². The summed E-state index contributed by atoms with van der Waals surface area (Å²) in [4.78, 5) is 55.1. The smallest absolute Gasteiger partial charge is 0.305 e. The second-order valence-electron chi connectivity index (χ2n) is 9.58. The summed E-state index contributed by atoms with van der Waals surface area (Å²) >= 11 is 3.08. The molecule has 4 fully saturated rings. The number of thioether (sulfide) groups is 1. The third-order valence-electron chi connectivity index (χ3n) is 8.45. The van der Waals surface area contributed by atoms with Gasteiger partial charge in [0.05, 0.1) is 23.3 Å². The van der Waals surface area contributed by atoms with E-state index in [1.165, 1.54) is 27.5 Å². The fourth-order valence-corrected chi connectivity index (χ4v) is 10.7. The van der Waals surface area contributed by atoms with E-state index in [1.54, 1.807) is 11.8 Å². The third kappa shape index (κ3) is 2.33. The van der Waals surface area contributed by atoms with E-state index in [4.69, 9.17) is 5.11 Å². The normalized spacial score (nSPS) is 38.1. The zero-order valence-electron chi connectivity index (χ0n) is 16.5. The van der Waals surface area contributed by atoms with Crippen LogP contribution in [-0.2, 0) is 19.8 Å². The summed E-state index contributed by atoms with van der Waals surface area (Å²) in [5.41, 5.74) is -0.0461. The molecular formula is C21H24N2O5S2. The Morgan fingerprint density at radius 3 is 2.50 bits per heavy atom. The molecule has 2 aliphatic heterocycles. The first-order chi connectivity index (χ1) is 14.4. The lowest BCUT2D eigenvalue weighted by Crippen LogP contribution is -2.51. The molecule has 0 aromatic carbocycles. The minimum atomic E-state index is -0.991. The van der Waals surface area contributed by atoms with Crippen molar-refractivity contribution in [3.8, 4) is 0 Å². The van der Waals surface area contributed by atoms with Crippen molar-refractivity contribution in [3.63, 3.8) is 0 Å². The number of likely N-dealkylation sites (tertiary alicyclic amines) is 1. The lowest BCUT2D eigenvalue weighted by atomic mass is 9.57. The number of aromatic nitrogens is 1. The zero-order chi connectivity index (χ0) is 20.8. The lowest BCUT2D eigenvalue weighted by molar-refractivity contribution is -0.142. The van der Waals surface area contributed by atoms with Crippen LogP contribution in [0.3, 0.4) is 0 Å². The fourth-order valence-electron chi connectivity index (χ4n) is 7.57. The molecule has 1 saturated heterocycles. The van der Waals surface area contributed by atoms with E-state index in [-0.39, 0.29) is 64.0 Å². The van der Waals surface area contributed by atoms with Crippen LogP contribution >= 0.6 is 23.1 Å². The van der Waals surface area contributed by atoms with Gasteiger partial charge in [-0.2, -0.15) is 0 Å². The maximum Gasteiger partial charge on any atom is 0.305 e. The molecule has 6 atom stereocenters. The van der Waals surface area contributed by atoms with Crippen molar-refractivity contribution in [2.24, 2.45) is 29.6 Å². The Hall–Kier alpha value is -1.61. The molecule has 1 spiro atoms. The lowest BCUT2D eigenvalue weighted by Gasteiger charge is -2.52. The van der Waals surface area contributed by atoms with Gasteiger partial charge in [0.2, 0.25) is 11.8 Å². The first-order valence-electron chi connectivity index (χ1n) is 10.9. The number of amides is 2.